The molecule has 3 aromatic rings. The summed E-state index contributed by atoms with van der Waals surface area (Å²) in [6.45, 7) is 1.56. The number of rotatable bonds is 1. The molecule has 3 heteroatoms. The SMILES string of the molecule is CC(=O)c1c(N)c2ccccc2c2ccccc12.Cl. The van der Waals surface area contributed by atoms with Crippen molar-refractivity contribution in [2.45, 2.75) is 6.92 Å². The van der Waals surface area contributed by atoms with Crippen molar-refractivity contribution in [1.82, 2.24) is 0 Å². The van der Waals surface area contributed by atoms with E-state index in [9.17, 15) is 4.79 Å². The third-order valence-electron chi connectivity index (χ3n) is 3.33. The summed E-state index contributed by atoms with van der Waals surface area (Å²) >= 11 is 0. The molecule has 0 saturated carbocycles. The molecule has 0 aliphatic heterocycles. The molecule has 0 amide bonds. The van der Waals surface area contributed by atoms with E-state index < -0.39 is 0 Å². The Labute approximate surface area is 117 Å². The van der Waals surface area contributed by atoms with E-state index in [0.29, 0.717) is 11.3 Å². The van der Waals surface area contributed by atoms with E-state index in [-0.39, 0.29) is 18.2 Å². The maximum Gasteiger partial charge on any atom is 0.162 e. The highest BCUT2D eigenvalue weighted by Crippen LogP contribution is 2.34. The third-order valence-corrected chi connectivity index (χ3v) is 3.33. The number of hydrogen-bond donors (Lipinski definition) is 1. The Morgan fingerprint density at radius 1 is 0.842 bits per heavy atom. The average Bonchev–Trinajstić information content (AvgIpc) is 2.39. The van der Waals surface area contributed by atoms with Gasteiger partial charge < -0.3 is 5.73 Å². The highest BCUT2D eigenvalue weighted by Gasteiger charge is 2.14. The van der Waals surface area contributed by atoms with E-state index in [1.54, 1.807) is 6.92 Å². The molecule has 2 nitrogen and oxygen atoms in total. The molecule has 0 saturated heterocycles. The van der Waals surface area contributed by atoms with Crippen LogP contribution in [0.1, 0.15) is 17.3 Å². The van der Waals surface area contributed by atoms with Crippen molar-refractivity contribution in [2.75, 3.05) is 5.73 Å². The van der Waals surface area contributed by atoms with E-state index in [0.717, 1.165) is 21.5 Å². The van der Waals surface area contributed by atoms with Gasteiger partial charge in [-0.3, -0.25) is 4.79 Å². The Balaban J connectivity index is 0.00000133. The minimum atomic E-state index is 0. The fourth-order valence-corrected chi connectivity index (χ4v) is 2.55. The van der Waals surface area contributed by atoms with Gasteiger partial charge in [-0.1, -0.05) is 48.5 Å². The lowest BCUT2D eigenvalue weighted by Gasteiger charge is -2.12. The number of halogens is 1. The first kappa shape index (κ1) is 13.4. The average molecular weight is 272 g/mol. The van der Waals surface area contributed by atoms with Crippen LogP contribution >= 0.6 is 12.4 Å². The van der Waals surface area contributed by atoms with E-state index in [2.05, 4.69) is 0 Å². The number of carbonyl (C=O) groups excluding carboxylic acids is 1. The molecule has 3 aromatic carbocycles. The molecule has 0 bridgehead atoms. The van der Waals surface area contributed by atoms with Gasteiger partial charge in [0.15, 0.2) is 5.78 Å². The smallest absolute Gasteiger partial charge is 0.162 e. The Hall–Kier alpha value is -2.06. The number of fused-ring (bicyclic) bond motifs is 3. The monoisotopic (exact) mass is 271 g/mol. The van der Waals surface area contributed by atoms with Crippen LogP contribution in [0, 0.1) is 0 Å². The molecule has 0 spiro atoms. The maximum absolute atomic E-state index is 11.8. The van der Waals surface area contributed by atoms with Gasteiger partial charge >= 0.3 is 0 Å². The maximum atomic E-state index is 11.8. The van der Waals surface area contributed by atoms with Gasteiger partial charge in [-0.2, -0.15) is 0 Å². The number of anilines is 1. The number of ketones is 1. The van der Waals surface area contributed by atoms with Crippen LogP contribution in [0.5, 0.6) is 0 Å². The van der Waals surface area contributed by atoms with E-state index in [4.69, 9.17) is 5.73 Å². The second kappa shape index (κ2) is 4.90. The molecule has 0 fully saturated rings. The zero-order valence-corrected chi connectivity index (χ0v) is 11.3. The van der Waals surface area contributed by atoms with Crippen LogP contribution in [0.3, 0.4) is 0 Å². The number of Topliss-reactive ketones (excluding diaryl/α,β-unsaturated/α-hetero) is 1. The van der Waals surface area contributed by atoms with E-state index in [1.165, 1.54) is 0 Å². The molecule has 0 radical (unpaired) electrons. The second-order valence-electron chi connectivity index (χ2n) is 4.44. The highest BCUT2D eigenvalue weighted by molar-refractivity contribution is 6.23. The number of nitrogen functional groups attached to an aromatic ring is 1. The lowest BCUT2D eigenvalue weighted by Crippen LogP contribution is -2.02. The van der Waals surface area contributed by atoms with Crippen molar-refractivity contribution in [2.24, 2.45) is 0 Å². The van der Waals surface area contributed by atoms with Crippen LogP contribution in [0.15, 0.2) is 48.5 Å². The van der Waals surface area contributed by atoms with Gasteiger partial charge in [-0.15, -0.1) is 12.4 Å². The zero-order chi connectivity index (χ0) is 12.7. The summed E-state index contributed by atoms with van der Waals surface area (Å²) in [5.74, 6) is 0.00875. The fraction of sp³-hybridized carbons (Fsp3) is 0.0625. The van der Waals surface area contributed by atoms with Crippen molar-refractivity contribution < 1.29 is 4.79 Å². The first-order chi connectivity index (χ1) is 8.70. The molecule has 3 rings (SSSR count). The van der Waals surface area contributed by atoms with Crippen molar-refractivity contribution in [3.8, 4) is 0 Å². The van der Waals surface area contributed by atoms with Crippen LogP contribution in [0.4, 0.5) is 5.69 Å². The van der Waals surface area contributed by atoms with Gasteiger partial charge in [0.05, 0.1) is 5.69 Å². The van der Waals surface area contributed by atoms with Gasteiger partial charge in [-0.25, -0.2) is 0 Å². The summed E-state index contributed by atoms with van der Waals surface area (Å²) < 4.78 is 0. The normalized spacial score (nSPS) is 10.4. The van der Waals surface area contributed by atoms with Gasteiger partial charge in [0.1, 0.15) is 0 Å². The van der Waals surface area contributed by atoms with Crippen molar-refractivity contribution in [1.29, 1.82) is 0 Å². The van der Waals surface area contributed by atoms with Gasteiger partial charge in [-0.05, 0) is 23.1 Å². The van der Waals surface area contributed by atoms with E-state index >= 15 is 0 Å². The first-order valence-corrected chi connectivity index (χ1v) is 5.90. The quantitative estimate of drug-likeness (QED) is 0.409. The molecule has 96 valence electrons. The summed E-state index contributed by atoms with van der Waals surface area (Å²) in [6, 6.07) is 15.8. The number of hydrogen-bond acceptors (Lipinski definition) is 2. The summed E-state index contributed by atoms with van der Waals surface area (Å²) in [5.41, 5.74) is 7.37. The minimum absolute atomic E-state index is 0. The molecular weight excluding hydrogens is 258 g/mol. The minimum Gasteiger partial charge on any atom is -0.398 e. The number of carbonyl (C=O) groups is 1. The summed E-state index contributed by atoms with van der Waals surface area (Å²) in [5, 5.41) is 4.05. The summed E-state index contributed by atoms with van der Waals surface area (Å²) in [6.07, 6.45) is 0. The van der Waals surface area contributed by atoms with Crippen LogP contribution in [0.25, 0.3) is 21.5 Å². The second-order valence-corrected chi connectivity index (χ2v) is 4.44. The third kappa shape index (κ3) is 1.94. The lowest BCUT2D eigenvalue weighted by atomic mass is 9.93. The van der Waals surface area contributed by atoms with Crippen LogP contribution < -0.4 is 5.73 Å². The number of nitrogens with two attached hydrogens (primary N) is 1. The molecule has 19 heavy (non-hydrogen) atoms. The number of benzene rings is 3. The van der Waals surface area contributed by atoms with Gasteiger partial charge in [0, 0.05) is 10.9 Å². The predicted molar refractivity (Wildman–Crippen MR) is 83.1 cm³/mol. The van der Waals surface area contributed by atoms with Gasteiger partial charge in [0.2, 0.25) is 0 Å². The zero-order valence-electron chi connectivity index (χ0n) is 10.5. The Kier molecular flexibility index (Phi) is 3.45. The topological polar surface area (TPSA) is 43.1 Å². The van der Waals surface area contributed by atoms with Crippen LogP contribution in [-0.2, 0) is 0 Å². The molecule has 0 heterocycles. The van der Waals surface area contributed by atoms with Gasteiger partial charge in [0.25, 0.3) is 0 Å². The standard InChI is InChI=1S/C16H13NO.ClH/c1-10(18)15-13-8-4-2-6-11(13)12-7-3-5-9-14(12)16(15)17;/h2-9H,17H2,1H3;1H. The highest BCUT2D eigenvalue weighted by atomic mass is 35.5. The van der Waals surface area contributed by atoms with E-state index in [1.807, 2.05) is 48.5 Å². The Morgan fingerprint density at radius 2 is 1.26 bits per heavy atom. The first-order valence-electron chi connectivity index (χ1n) is 5.90. The molecular formula is C16H14ClNO. The molecule has 0 aromatic heterocycles. The molecule has 0 unspecified atom stereocenters. The Morgan fingerprint density at radius 3 is 1.79 bits per heavy atom. The van der Waals surface area contributed by atoms with Crippen molar-refractivity contribution >= 4 is 45.4 Å². The summed E-state index contributed by atoms with van der Waals surface area (Å²) in [4.78, 5) is 11.8. The molecule has 2 N–H and O–H groups in total. The predicted octanol–water partition coefficient (Wildman–Crippen LogP) is 4.20. The fourth-order valence-electron chi connectivity index (χ4n) is 2.55. The Bertz CT molecular complexity index is 780. The van der Waals surface area contributed by atoms with Crippen molar-refractivity contribution in [3.05, 3.63) is 54.1 Å². The van der Waals surface area contributed by atoms with Crippen molar-refractivity contribution in [3.63, 3.8) is 0 Å². The molecule has 0 aliphatic carbocycles. The molecule has 0 atom stereocenters. The van der Waals surface area contributed by atoms with Crippen LogP contribution in [-0.4, -0.2) is 5.78 Å². The van der Waals surface area contributed by atoms with Crippen LogP contribution in [0.2, 0.25) is 0 Å². The summed E-state index contributed by atoms with van der Waals surface area (Å²) in [7, 11) is 0. The lowest BCUT2D eigenvalue weighted by molar-refractivity contribution is 0.102. The molecule has 0 aliphatic rings. The largest absolute Gasteiger partial charge is 0.398 e.